The molecule has 2 atom stereocenters. The zero-order valence-electron chi connectivity index (χ0n) is 12.6. The molecule has 8 nitrogen and oxygen atoms in total. The first-order chi connectivity index (χ1) is 10.7. The molecular weight excluding hydrogens is 282 g/mol. The molecule has 0 unspecified atom stereocenters. The molecule has 2 aromatic heterocycles. The van der Waals surface area contributed by atoms with E-state index in [0.717, 1.165) is 31.4 Å². The van der Waals surface area contributed by atoms with Crippen LogP contribution in [0.25, 0.3) is 0 Å². The molecule has 8 heteroatoms. The number of rotatable bonds is 4. The highest BCUT2D eigenvalue weighted by molar-refractivity contribution is 5.75. The monoisotopic (exact) mass is 303 g/mol. The molecular formula is C14H21N7O. The van der Waals surface area contributed by atoms with Crippen molar-refractivity contribution < 1.29 is 4.79 Å². The van der Waals surface area contributed by atoms with Crippen molar-refractivity contribution in [2.24, 2.45) is 0 Å². The van der Waals surface area contributed by atoms with Gasteiger partial charge in [-0.3, -0.25) is 9.78 Å². The molecule has 3 rings (SSSR count). The maximum absolute atomic E-state index is 12.6. The van der Waals surface area contributed by atoms with E-state index in [-0.39, 0.29) is 18.1 Å². The molecule has 1 aliphatic rings. The fourth-order valence-corrected chi connectivity index (χ4v) is 2.91. The first-order valence-electron chi connectivity index (χ1n) is 7.62. The van der Waals surface area contributed by atoms with Crippen LogP contribution in [0.3, 0.4) is 0 Å². The number of H-pyrrole nitrogens is 1. The van der Waals surface area contributed by atoms with Crippen molar-refractivity contribution in [1.29, 1.82) is 0 Å². The molecule has 0 aromatic carbocycles. The lowest BCUT2D eigenvalue weighted by atomic mass is 9.98. The summed E-state index contributed by atoms with van der Waals surface area (Å²) >= 11 is 0. The van der Waals surface area contributed by atoms with Gasteiger partial charge in [-0.05, 0) is 26.2 Å². The van der Waals surface area contributed by atoms with Gasteiger partial charge in [0.25, 0.3) is 0 Å². The zero-order valence-corrected chi connectivity index (χ0v) is 12.6. The summed E-state index contributed by atoms with van der Waals surface area (Å²) in [7, 11) is 0. The minimum atomic E-state index is -0.0292. The van der Waals surface area contributed by atoms with Crippen LogP contribution in [0.5, 0.6) is 0 Å². The number of hydrogen-bond acceptors (Lipinski definition) is 4. The Labute approximate surface area is 128 Å². The molecule has 1 saturated heterocycles. The van der Waals surface area contributed by atoms with E-state index in [4.69, 9.17) is 0 Å². The van der Waals surface area contributed by atoms with Crippen LogP contribution < -0.4 is 5.32 Å². The van der Waals surface area contributed by atoms with Gasteiger partial charge < -0.3 is 10.2 Å². The van der Waals surface area contributed by atoms with Crippen LogP contribution in [0.15, 0.2) is 25.0 Å². The van der Waals surface area contributed by atoms with E-state index in [0.29, 0.717) is 6.54 Å². The average Bonchev–Trinajstić information content (AvgIpc) is 3.20. The molecule has 0 aliphatic carbocycles. The highest BCUT2D eigenvalue weighted by Gasteiger charge is 2.29. The van der Waals surface area contributed by atoms with Crippen LogP contribution in [0.1, 0.15) is 37.8 Å². The number of nitrogens with one attached hydrogen (secondary N) is 2. The van der Waals surface area contributed by atoms with Crippen molar-refractivity contribution in [3.8, 4) is 0 Å². The normalized spacial score (nSPS) is 19.9. The fourth-order valence-electron chi connectivity index (χ4n) is 2.91. The third-order valence-corrected chi connectivity index (χ3v) is 3.97. The largest absolute Gasteiger partial charge is 0.334 e. The highest BCUT2D eigenvalue weighted by Crippen LogP contribution is 2.30. The van der Waals surface area contributed by atoms with Gasteiger partial charge in [-0.15, -0.1) is 0 Å². The van der Waals surface area contributed by atoms with Crippen molar-refractivity contribution in [3.05, 3.63) is 30.6 Å². The van der Waals surface area contributed by atoms with Crippen molar-refractivity contribution in [1.82, 2.24) is 35.2 Å². The van der Waals surface area contributed by atoms with E-state index in [2.05, 4.69) is 25.6 Å². The van der Waals surface area contributed by atoms with Gasteiger partial charge in [0.05, 0.1) is 18.8 Å². The zero-order chi connectivity index (χ0) is 15.4. The molecule has 2 amide bonds. The van der Waals surface area contributed by atoms with Gasteiger partial charge in [0.1, 0.15) is 12.7 Å². The molecule has 0 radical (unpaired) electrons. The Balaban J connectivity index is 1.62. The van der Waals surface area contributed by atoms with Crippen LogP contribution in [0.4, 0.5) is 4.79 Å². The van der Waals surface area contributed by atoms with Crippen LogP contribution in [-0.2, 0) is 6.54 Å². The van der Waals surface area contributed by atoms with Gasteiger partial charge >= 0.3 is 6.03 Å². The smallest absolute Gasteiger partial charge is 0.318 e. The summed E-state index contributed by atoms with van der Waals surface area (Å²) in [5.41, 5.74) is 1.07. The molecule has 118 valence electrons. The molecule has 2 aromatic rings. The van der Waals surface area contributed by atoms with Crippen molar-refractivity contribution in [2.75, 3.05) is 6.54 Å². The SMILES string of the molecule is C[C@@H](Cn1cncn1)NC(=O)N1CCCC[C@H]1c1cn[nH]c1. The molecule has 22 heavy (non-hydrogen) atoms. The molecule has 0 spiro atoms. The Hall–Kier alpha value is -2.38. The number of aromatic amines is 1. The predicted molar refractivity (Wildman–Crippen MR) is 79.9 cm³/mol. The Morgan fingerprint density at radius 3 is 3.18 bits per heavy atom. The summed E-state index contributed by atoms with van der Waals surface area (Å²) in [5.74, 6) is 0. The van der Waals surface area contributed by atoms with E-state index < -0.39 is 0 Å². The summed E-state index contributed by atoms with van der Waals surface area (Å²) in [5, 5.41) is 13.9. The molecule has 1 aliphatic heterocycles. The summed E-state index contributed by atoms with van der Waals surface area (Å²) in [6.07, 6.45) is 9.97. The van der Waals surface area contributed by atoms with Crippen LogP contribution in [-0.4, -0.2) is 48.5 Å². The first kappa shape index (κ1) is 14.6. The molecule has 1 fully saturated rings. The Bertz CT molecular complexity index is 580. The van der Waals surface area contributed by atoms with Crippen molar-refractivity contribution in [3.63, 3.8) is 0 Å². The number of amides is 2. The standard InChI is InChI=1S/C14H21N7O/c1-11(8-20-10-15-9-18-20)19-14(22)21-5-3-2-4-13(21)12-6-16-17-7-12/h6-7,9-11,13H,2-5,8H2,1H3,(H,16,17)(H,19,22)/t11-,13-/m0/s1. The topological polar surface area (TPSA) is 91.7 Å². The Morgan fingerprint density at radius 2 is 2.45 bits per heavy atom. The quantitative estimate of drug-likeness (QED) is 0.891. The predicted octanol–water partition coefficient (Wildman–Crippen LogP) is 1.33. The van der Waals surface area contributed by atoms with Gasteiger partial charge in [0.15, 0.2) is 0 Å². The molecule has 0 saturated carbocycles. The van der Waals surface area contributed by atoms with Crippen molar-refractivity contribution >= 4 is 6.03 Å². The number of nitrogens with zero attached hydrogens (tertiary/aromatic N) is 5. The number of carbonyl (C=O) groups is 1. The number of likely N-dealkylation sites (tertiary alicyclic amines) is 1. The van der Waals surface area contributed by atoms with E-state index in [1.165, 1.54) is 6.33 Å². The van der Waals surface area contributed by atoms with Gasteiger partial charge in [0, 0.05) is 24.3 Å². The Kier molecular flexibility index (Phi) is 4.36. The summed E-state index contributed by atoms with van der Waals surface area (Å²) in [4.78, 5) is 18.4. The second-order valence-electron chi connectivity index (χ2n) is 5.70. The van der Waals surface area contributed by atoms with Crippen LogP contribution >= 0.6 is 0 Å². The minimum absolute atomic E-state index is 0.0128. The molecule has 3 heterocycles. The summed E-state index contributed by atoms with van der Waals surface area (Å²) < 4.78 is 1.72. The van der Waals surface area contributed by atoms with Gasteiger partial charge in [0.2, 0.25) is 0 Å². The minimum Gasteiger partial charge on any atom is -0.334 e. The third-order valence-electron chi connectivity index (χ3n) is 3.97. The van der Waals surface area contributed by atoms with E-state index in [1.54, 1.807) is 17.2 Å². The maximum atomic E-state index is 12.6. The van der Waals surface area contributed by atoms with Crippen molar-refractivity contribution in [2.45, 2.75) is 44.8 Å². The van der Waals surface area contributed by atoms with Gasteiger partial charge in [-0.2, -0.15) is 10.2 Å². The molecule has 2 N–H and O–H groups in total. The highest BCUT2D eigenvalue weighted by atomic mass is 16.2. The summed E-state index contributed by atoms with van der Waals surface area (Å²) in [6.45, 7) is 3.35. The van der Waals surface area contributed by atoms with Gasteiger partial charge in [-0.1, -0.05) is 0 Å². The lowest BCUT2D eigenvalue weighted by molar-refractivity contribution is 0.148. The van der Waals surface area contributed by atoms with Crippen LogP contribution in [0.2, 0.25) is 0 Å². The van der Waals surface area contributed by atoms with E-state index in [1.807, 2.05) is 18.0 Å². The lowest BCUT2D eigenvalue weighted by Gasteiger charge is -2.36. The fraction of sp³-hybridized carbons (Fsp3) is 0.571. The Morgan fingerprint density at radius 1 is 1.55 bits per heavy atom. The number of urea groups is 1. The number of hydrogen-bond donors (Lipinski definition) is 2. The van der Waals surface area contributed by atoms with E-state index >= 15 is 0 Å². The average molecular weight is 303 g/mol. The summed E-state index contributed by atoms with van der Waals surface area (Å²) in [6, 6.07) is 0.0608. The lowest BCUT2D eigenvalue weighted by Crippen LogP contribution is -2.48. The van der Waals surface area contributed by atoms with E-state index in [9.17, 15) is 4.79 Å². The number of carbonyl (C=O) groups excluding carboxylic acids is 1. The second kappa shape index (κ2) is 6.59. The third kappa shape index (κ3) is 3.26. The number of aromatic nitrogens is 5. The maximum Gasteiger partial charge on any atom is 0.318 e. The number of piperidine rings is 1. The van der Waals surface area contributed by atoms with Crippen LogP contribution in [0, 0.1) is 0 Å². The first-order valence-corrected chi connectivity index (χ1v) is 7.62. The second-order valence-corrected chi connectivity index (χ2v) is 5.70. The molecule has 0 bridgehead atoms. The van der Waals surface area contributed by atoms with Gasteiger partial charge in [-0.25, -0.2) is 9.78 Å².